The first-order chi connectivity index (χ1) is 9.40. The Labute approximate surface area is 121 Å². The highest BCUT2D eigenvalue weighted by molar-refractivity contribution is 5.94. The van der Waals surface area contributed by atoms with Crippen molar-refractivity contribution in [3.63, 3.8) is 0 Å². The van der Waals surface area contributed by atoms with E-state index >= 15 is 0 Å². The zero-order chi connectivity index (χ0) is 15.1. The van der Waals surface area contributed by atoms with Crippen LogP contribution in [-0.2, 0) is 4.79 Å². The van der Waals surface area contributed by atoms with Crippen LogP contribution in [0.3, 0.4) is 0 Å². The number of benzene rings is 1. The van der Waals surface area contributed by atoms with Gasteiger partial charge in [0, 0.05) is 5.69 Å². The smallest absolute Gasteiger partial charge is 0.241 e. The van der Waals surface area contributed by atoms with Crippen molar-refractivity contribution in [2.24, 2.45) is 17.6 Å². The molecule has 112 valence electrons. The second-order valence-corrected chi connectivity index (χ2v) is 5.81. The van der Waals surface area contributed by atoms with E-state index in [1.165, 1.54) is 0 Å². The van der Waals surface area contributed by atoms with Crippen LogP contribution in [0.4, 0.5) is 5.69 Å². The fourth-order valence-electron chi connectivity index (χ4n) is 1.58. The molecule has 0 fully saturated rings. The number of nitrogens with two attached hydrogens (primary N) is 1. The summed E-state index contributed by atoms with van der Waals surface area (Å²) in [6, 6.07) is 6.89. The zero-order valence-corrected chi connectivity index (χ0v) is 12.8. The van der Waals surface area contributed by atoms with Crippen LogP contribution in [0.25, 0.3) is 0 Å². The lowest BCUT2D eigenvalue weighted by atomic mass is 10.1. The number of ether oxygens (including phenoxy) is 1. The lowest BCUT2D eigenvalue weighted by Gasteiger charge is -2.15. The van der Waals surface area contributed by atoms with Crippen molar-refractivity contribution >= 4 is 11.6 Å². The van der Waals surface area contributed by atoms with E-state index in [9.17, 15) is 4.79 Å². The van der Waals surface area contributed by atoms with Crippen molar-refractivity contribution in [3.05, 3.63) is 24.3 Å². The normalized spacial score (nSPS) is 12.6. The van der Waals surface area contributed by atoms with Gasteiger partial charge < -0.3 is 15.8 Å². The third kappa shape index (κ3) is 5.61. The average Bonchev–Trinajstić information content (AvgIpc) is 2.39. The van der Waals surface area contributed by atoms with Gasteiger partial charge in [0.15, 0.2) is 0 Å². The molecule has 0 aromatic heterocycles. The summed E-state index contributed by atoms with van der Waals surface area (Å²) in [7, 11) is 0. The quantitative estimate of drug-likeness (QED) is 0.805. The molecule has 0 saturated heterocycles. The molecule has 1 amide bonds. The molecule has 0 heterocycles. The Kier molecular flexibility index (Phi) is 6.52. The molecule has 1 aromatic rings. The maximum atomic E-state index is 11.8. The minimum atomic E-state index is -0.489. The van der Waals surface area contributed by atoms with E-state index in [-0.39, 0.29) is 11.8 Å². The molecule has 0 aliphatic carbocycles. The molecule has 3 N–H and O–H groups in total. The van der Waals surface area contributed by atoms with Crippen LogP contribution in [0.1, 0.15) is 34.1 Å². The molecule has 1 aromatic carbocycles. The van der Waals surface area contributed by atoms with E-state index < -0.39 is 6.04 Å². The summed E-state index contributed by atoms with van der Waals surface area (Å²) in [6.45, 7) is 8.90. The van der Waals surface area contributed by atoms with Crippen LogP contribution in [0.2, 0.25) is 0 Å². The summed E-state index contributed by atoms with van der Waals surface area (Å²) >= 11 is 0. The van der Waals surface area contributed by atoms with Crippen molar-refractivity contribution in [1.29, 1.82) is 0 Å². The van der Waals surface area contributed by atoms with Gasteiger partial charge in [-0.25, -0.2) is 0 Å². The van der Waals surface area contributed by atoms with Gasteiger partial charge in [0.1, 0.15) is 5.75 Å². The first kappa shape index (κ1) is 16.5. The van der Waals surface area contributed by atoms with E-state index in [4.69, 9.17) is 10.5 Å². The predicted molar refractivity (Wildman–Crippen MR) is 82.8 cm³/mol. The van der Waals surface area contributed by atoms with Gasteiger partial charge in [-0.3, -0.25) is 4.79 Å². The van der Waals surface area contributed by atoms with E-state index in [1.54, 1.807) is 0 Å². The first-order valence-electron chi connectivity index (χ1n) is 7.19. The molecule has 0 bridgehead atoms. The fourth-order valence-corrected chi connectivity index (χ4v) is 1.58. The standard InChI is InChI=1S/C16H26N2O2/c1-11(2)9-10-20-14-7-5-13(6-8-14)18-16(19)15(17)12(3)4/h5-8,11-12,15H,9-10,17H2,1-4H3,(H,18,19)/t15-/m0/s1. The number of rotatable bonds is 7. The average molecular weight is 278 g/mol. The Hall–Kier alpha value is -1.55. The molecule has 4 nitrogen and oxygen atoms in total. The van der Waals surface area contributed by atoms with Crippen LogP contribution in [0.15, 0.2) is 24.3 Å². The van der Waals surface area contributed by atoms with Crippen molar-refractivity contribution in [2.75, 3.05) is 11.9 Å². The molecular weight excluding hydrogens is 252 g/mol. The molecule has 0 saturated carbocycles. The second kappa shape index (κ2) is 7.90. The monoisotopic (exact) mass is 278 g/mol. The topological polar surface area (TPSA) is 64.3 Å². The van der Waals surface area contributed by atoms with Gasteiger partial charge in [0.2, 0.25) is 5.91 Å². The Bertz CT molecular complexity index is 413. The predicted octanol–water partition coefficient (Wildman–Crippen LogP) is 3.03. The summed E-state index contributed by atoms with van der Waals surface area (Å²) in [4.78, 5) is 11.8. The molecule has 0 aliphatic heterocycles. The van der Waals surface area contributed by atoms with Crippen LogP contribution < -0.4 is 15.8 Å². The van der Waals surface area contributed by atoms with Gasteiger partial charge in [-0.05, 0) is 42.5 Å². The fraction of sp³-hybridized carbons (Fsp3) is 0.562. The van der Waals surface area contributed by atoms with Crippen molar-refractivity contribution in [3.8, 4) is 5.75 Å². The summed E-state index contributed by atoms with van der Waals surface area (Å²) < 4.78 is 5.63. The Morgan fingerprint density at radius 3 is 2.30 bits per heavy atom. The highest BCUT2D eigenvalue weighted by Gasteiger charge is 2.16. The molecule has 0 radical (unpaired) electrons. The van der Waals surface area contributed by atoms with Gasteiger partial charge in [-0.15, -0.1) is 0 Å². The minimum Gasteiger partial charge on any atom is -0.494 e. The molecule has 0 aliphatic rings. The van der Waals surface area contributed by atoms with Crippen molar-refractivity contribution in [1.82, 2.24) is 0 Å². The second-order valence-electron chi connectivity index (χ2n) is 5.81. The van der Waals surface area contributed by atoms with E-state index in [1.807, 2.05) is 38.1 Å². The van der Waals surface area contributed by atoms with Gasteiger partial charge >= 0.3 is 0 Å². The molecule has 1 atom stereocenters. The maximum absolute atomic E-state index is 11.8. The molecule has 4 heteroatoms. The number of carbonyl (C=O) groups excluding carboxylic acids is 1. The number of amides is 1. The largest absolute Gasteiger partial charge is 0.494 e. The number of hydrogen-bond acceptors (Lipinski definition) is 3. The molecular formula is C16H26N2O2. The summed E-state index contributed by atoms with van der Waals surface area (Å²) in [5, 5.41) is 2.81. The number of nitrogens with one attached hydrogen (secondary N) is 1. The van der Waals surface area contributed by atoms with Crippen LogP contribution in [-0.4, -0.2) is 18.6 Å². The zero-order valence-electron chi connectivity index (χ0n) is 12.8. The molecule has 1 rings (SSSR count). The minimum absolute atomic E-state index is 0.119. The Morgan fingerprint density at radius 1 is 1.20 bits per heavy atom. The van der Waals surface area contributed by atoms with Crippen molar-refractivity contribution in [2.45, 2.75) is 40.2 Å². The van der Waals surface area contributed by atoms with Crippen LogP contribution >= 0.6 is 0 Å². The summed E-state index contributed by atoms with van der Waals surface area (Å²) in [5.74, 6) is 1.41. The van der Waals surface area contributed by atoms with Gasteiger partial charge in [-0.1, -0.05) is 27.7 Å². The molecule has 20 heavy (non-hydrogen) atoms. The van der Waals surface area contributed by atoms with E-state index in [2.05, 4.69) is 19.2 Å². The molecule has 0 unspecified atom stereocenters. The summed E-state index contributed by atoms with van der Waals surface area (Å²) in [5.41, 5.74) is 6.53. The van der Waals surface area contributed by atoms with E-state index in [0.717, 1.165) is 17.9 Å². The Morgan fingerprint density at radius 2 is 1.80 bits per heavy atom. The van der Waals surface area contributed by atoms with Crippen LogP contribution in [0, 0.1) is 11.8 Å². The first-order valence-corrected chi connectivity index (χ1v) is 7.19. The maximum Gasteiger partial charge on any atom is 0.241 e. The highest BCUT2D eigenvalue weighted by Crippen LogP contribution is 2.17. The lowest BCUT2D eigenvalue weighted by molar-refractivity contribution is -0.118. The number of anilines is 1. The third-order valence-electron chi connectivity index (χ3n) is 3.11. The highest BCUT2D eigenvalue weighted by atomic mass is 16.5. The summed E-state index contributed by atoms with van der Waals surface area (Å²) in [6.07, 6.45) is 1.03. The number of hydrogen-bond donors (Lipinski definition) is 2. The number of carbonyl (C=O) groups is 1. The lowest BCUT2D eigenvalue weighted by Crippen LogP contribution is -2.39. The van der Waals surface area contributed by atoms with E-state index in [0.29, 0.717) is 12.5 Å². The van der Waals surface area contributed by atoms with Gasteiger partial charge in [-0.2, -0.15) is 0 Å². The van der Waals surface area contributed by atoms with Crippen LogP contribution in [0.5, 0.6) is 5.75 Å². The third-order valence-corrected chi connectivity index (χ3v) is 3.11. The van der Waals surface area contributed by atoms with Crippen molar-refractivity contribution < 1.29 is 9.53 Å². The molecule has 0 spiro atoms. The SMILES string of the molecule is CC(C)CCOc1ccc(NC(=O)[C@@H](N)C(C)C)cc1. The van der Waals surface area contributed by atoms with Gasteiger partial charge in [0.25, 0.3) is 0 Å². The Balaban J connectivity index is 2.48. The van der Waals surface area contributed by atoms with Gasteiger partial charge in [0.05, 0.1) is 12.6 Å².